The average Bonchev–Trinajstić information content (AvgIpc) is 3.03. The first-order valence-corrected chi connectivity index (χ1v) is 9.68. The van der Waals surface area contributed by atoms with Gasteiger partial charge in [-0.15, -0.1) is 0 Å². The smallest absolute Gasteiger partial charge is 0.157 e. The predicted octanol–water partition coefficient (Wildman–Crippen LogP) is 3.74. The number of nitrogens with zero attached hydrogens (tertiary/aromatic N) is 5. The molecule has 0 atom stereocenters. The Balaban J connectivity index is 1.46. The molecule has 0 amide bonds. The van der Waals surface area contributed by atoms with E-state index in [9.17, 15) is 0 Å². The highest BCUT2D eigenvalue weighted by molar-refractivity contribution is 5.60. The lowest BCUT2D eigenvalue weighted by molar-refractivity contribution is 0.0517. The highest BCUT2D eigenvalue weighted by Gasteiger charge is 2.25. The van der Waals surface area contributed by atoms with E-state index in [-0.39, 0.29) is 5.60 Å². The van der Waals surface area contributed by atoms with Gasteiger partial charge in [-0.1, -0.05) is 6.42 Å². The van der Waals surface area contributed by atoms with E-state index >= 15 is 0 Å². The third kappa shape index (κ3) is 4.11. The lowest BCUT2D eigenvalue weighted by atomic mass is 10.1. The van der Waals surface area contributed by atoms with Crippen LogP contribution in [0.25, 0.3) is 16.9 Å². The van der Waals surface area contributed by atoms with Crippen LogP contribution in [-0.2, 0) is 0 Å². The van der Waals surface area contributed by atoms with E-state index in [4.69, 9.17) is 4.74 Å². The standard InChI is InChI=1S/C21H27N5O/c1-16-11-24-26-14-17(12-23-20(16)26)19-8-7-18(13-22-19)27-21(2,3)15-25-9-5-4-6-10-25/h7-8,11-14H,4-6,9-10,15H2,1-3H3. The molecule has 142 valence electrons. The van der Waals surface area contributed by atoms with Gasteiger partial charge < -0.3 is 4.74 Å². The minimum absolute atomic E-state index is 0.242. The van der Waals surface area contributed by atoms with Gasteiger partial charge in [-0.2, -0.15) is 5.10 Å². The highest BCUT2D eigenvalue weighted by atomic mass is 16.5. The summed E-state index contributed by atoms with van der Waals surface area (Å²) in [4.78, 5) is 11.6. The van der Waals surface area contributed by atoms with Crippen molar-refractivity contribution in [2.75, 3.05) is 19.6 Å². The normalized spacial score (nSPS) is 16.0. The molecule has 3 aromatic heterocycles. The number of ether oxygens (including phenoxy) is 1. The monoisotopic (exact) mass is 365 g/mol. The number of aromatic nitrogens is 4. The Hall–Kier alpha value is -2.47. The Morgan fingerprint density at radius 3 is 2.59 bits per heavy atom. The summed E-state index contributed by atoms with van der Waals surface area (Å²) in [6.07, 6.45) is 11.3. The minimum atomic E-state index is -0.242. The SMILES string of the molecule is Cc1cnn2cc(-c3ccc(OC(C)(C)CN4CCCCC4)cn3)cnc12. The van der Waals surface area contributed by atoms with Crippen LogP contribution in [0.1, 0.15) is 38.7 Å². The second-order valence-electron chi connectivity index (χ2n) is 8.02. The molecule has 1 saturated heterocycles. The van der Waals surface area contributed by atoms with Crippen LogP contribution in [0.4, 0.5) is 0 Å². The van der Waals surface area contributed by atoms with Gasteiger partial charge in [0.1, 0.15) is 11.4 Å². The third-order valence-electron chi connectivity index (χ3n) is 5.01. The molecule has 0 radical (unpaired) electrons. The van der Waals surface area contributed by atoms with Crippen molar-refractivity contribution in [3.63, 3.8) is 0 Å². The molecule has 0 saturated carbocycles. The van der Waals surface area contributed by atoms with E-state index in [1.165, 1.54) is 32.4 Å². The summed E-state index contributed by atoms with van der Waals surface area (Å²) in [5.74, 6) is 0.796. The molecule has 4 heterocycles. The van der Waals surface area contributed by atoms with Gasteiger partial charge in [0, 0.05) is 30.1 Å². The van der Waals surface area contributed by atoms with Gasteiger partial charge in [0.2, 0.25) is 0 Å². The first-order chi connectivity index (χ1) is 13.0. The number of rotatable bonds is 5. The number of aryl methyl sites for hydroxylation is 1. The number of hydrogen-bond acceptors (Lipinski definition) is 5. The van der Waals surface area contributed by atoms with Crippen LogP contribution in [0.5, 0.6) is 5.75 Å². The van der Waals surface area contributed by atoms with E-state index < -0.39 is 0 Å². The first-order valence-electron chi connectivity index (χ1n) is 9.68. The topological polar surface area (TPSA) is 55.6 Å². The molecule has 1 aliphatic heterocycles. The lowest BCUT2D eigenvalue weighted by Gasteiger charge is -2.35. The van der Waals surface area contributed by atoms with Crippen molar-refractivity contribution in [3.8, 4) is 17.0 Å². The fraction of sp³-hybridized carbons (Fsp3) is 0.476. The zero-order valence-electron chi connectivity index (χ0n) is 16.4. The maximum absolute atomic E-state index is 6.23. The van der Waals surface area contributed by atoms with Crippen LogP contribution in [-0.4, -0.2) is 49.7 Å². The van der Waals surface area contributed by atoms with Crippen LogP contribution in [0.3, 0.4) is 0 Å². The van der Waals surface area contributed by atoms with Crippen molar-refractivity contribution in [1.29, 1.82) is 0 Å². The number of likely N-dealkylation sites (tertiary alicyclic amines) is 1. The van der Waals surface area contributed by atoms with Gasteiger partial charge >= 0.3 is 0 Å². The number of piperidine rings is 1. The summed E-state index contributed by atoms with van der Waals surface area (Å²) in [6, 6.07) is 3.96. The second-order valence-corrected chi connectivity index (χ2v) is 8.02. The predicted molar refractivity (Wildman–Crippen MR) is 106 cm³/mol. The second kappa shape index (κ2) is 7.27. The quantitative estimate of drug-likeness (QED) is 0.689. The fourth-order valence-electron chi connectivity index (χ4n) is 3.74. The van der Waals surface area contributed by atoms with E-state index in [1.54, 1.807) is 10.7 Å². The molecule has 0 N–H and O–H groups in total. The Bertz CT molecular complexity index is 910. The molecule has 0 unspecified atom stereocenters. The molecule has 0 aliphatic carbocycles. The summed E-state index contributed by atoms with van der Waals surface area (Å²) in [5, 5.41) is 4.32. The minimum Gasteiger partial charge on any atom is -0.485 e. The molecular formula is C21H27N5O. The molecule has 6 nitrogen and oxygen atoms in total. The van der Waals surface area contributed by atoms with Crippen LogP contribution < -0.4 is 4.74 Å². The van der Waals surface area contributed by atoms with Crippen LogP contribution in [0, 0.1) is 6.92 Å². The lowest BCUT2D eigenvalue weighted by Crippen LogP contribution is -2.44. The summed E-state index contributed by atoms with van der Waals surface area (Å²) in [6.45, 7) is 9.58. The van der Waals surface area contributed by atoms with Gasteiger partial charge in [-0.3, -0.25) is 9.88 Å². The molecule has 0 bridgehead atoms. The number of hydrogen-bond donors (Lipinski definition) is 0. The fourth-order valence-corrected chi connectivity index (χ4v) is 3.74. The molecule has 0 spiro atoms. The Labute approximate surface area is 160 Å². The zero-order chi connectivity index (χ0) is 18.9. The molecule has 3 aromatic rings. The van der Waals surface area contributed by atoms with Crippen LogP contribution in [0.15, 0.2) is 36.9 Å². The molecule has 4 rings (SSSR count). The third-order valence-corrected chi connectivity index (χ3v) is 5.01. The van der Waals surface area contributed by atoms with Gasteiger partial charge in [-0.25, -0.2) is 9.50 Å². The highest BCUT2D eigenvalue weighted by Crippen LogP contribution is 2.23. The van der Waals surface area contributed by atoms with E-state index in [0.29, 0.717) is 0 Å². The summed E-state index contributed by atoms with van der Waals surface area (Å²) in [5.41, 5.74) is 3.49. The summed E-state index contributed by atoms with van der Waals surface area (Å²) in [7, 11) is 0. The van der Waals surface area contributed by atoms with Gasteiger partial charge in [0.05, 0.1) is 18.1 Å². The zero-order valence-corrected chi connectivity index (χ0v) is 16.4. The van der Waals surface area contributed by atoms with Crippen molar-refractivity contribution < 1.29 is 4.74 Å². The maximum atomic E-state index is 6.23. The van der Waals surface area contributed by atoms with Crippen molar-refractivity contribution in [3.05, 3.63) is 42.5 Å². The Kier molecular flexibility index (Phi) is 4.83. The van der Waals surface area contributed by atoms with E-state index in [0.717, 1.165) is 34.8 Å². The van der Waals surface area contributed by atoms with Gasteiger partial charge in [0.15, 0.2) is 5.65 Å². The molecule has 0 aromatic carbocycles. The summed E-state index contributed by atoms with van der Waals surface area (Å²) >= 11 is 0. The molecule has 6 heteroatoms. The van der Waals surface area contributed by atoms with E-state index in [1.807, 2.05) is 37.6 Å². The molecular weight excluding hydrogens is 338 g/mol. The van der Waals surface area contributed by atoms with E-state index in [2.05, 4.69) is 33.8 Å². The number of fused-ring (bicyclic) bond motifs is 1. The molecule has 1 aliphatic rings. The summed E-state index contributed by atoms with van der Waals surface area (Å²) < 4.78 is 8.02. The Morgan fingerprint density at radius 1 is 1.04 bits per heavy atom. The van der Waals surface area contributed by atoms with Crippen molar-refractivity contribution >= 4 is 5.65 Å². The van der Waals surface area contributed by atoms with Crippen molar-refractivity contribution in [2.24, 2.45) is 0 Å². The number of pyridine rings is 1. The van der Waals surface area contributed by atoms with Crippen LogP contribution >= 0.6 is 0 Å². The first kappa shape index (κ1) is 17.9. The van der Waals surface area contributed by atoms with Gasteiger partial charge in [-0.05, 0) is 58.8 Å². The largest absolute Gasteiger partial charge is 0.485 e. The van der Waals surface area contributed by atoms with Crippen LogP contribution in [0.2, 0.25) is 0 Å². The molecule has 27 heavy (non-hydrogen) atoms. The van der Waals surface area contributed by atoms with Gasteiger partial charge in [0.25, 0.3) is 0 Å². The van der Waals surface area contributed by atoms with Crippen molar-refractivity contribution in [1.82, 2.24) is 24.5 Å². The maximum Gasteiger partial charge on any atom is 0.157 e. The van der Waals surface area contributed by atoms with Crippen molar-refractivity contribution in [2.45, 2.75) is 45.6 Å². The molecule has 1 fully saturated rings. The Morgan fingerprint density at radius 2 is 1.85 bits per heavy atom. The average molecular weight is 365 g/mol.